The molecule has 0 fully saturated rings. The Hall–Kier alpha value is -2.56. The molecule has 1 unspecified atom stereocenters. The molecule has 0 saturated carbocycles. The van der Waals surface area contributed by atoms with E-state index in [-0.39, 0.29) is 18.7 Å². The van der Waals surface area contributed by atoms with Crippen molar-refractivity contribution in [3.05, 3.63) is 60.1 Å². The third-order valence-electron chi connectivity index (χ3n) is 2.81. The molecular weight excluding hydrogens is 258 g/mol. The minimum atomic E-state index is -0.994. The van der Waals surface area contributed by atoms with Crippen LogP contribution in [0, 0.1) is 0 Å². The van der Waals surface area contributed by atoms with Crippen molar-refractivity contribution < 1.29 is 19.1 Å². The summed E-state index contributed by atoms with van der Waals surface area (Å²) in [5, 5.41) is 11.6. The molecule has 2 aromatic rings. The topological polar surface area (TPSA) is 79.5 Å². The Morgan fingerprint density at radius 1 is 1.15 bits per heavy atom. The van der Waals surface area contributed by atoms with E-state index >= 15 is 0 Å². The Morgan fingerprint density at radius 2 is 1.90 bits per heavy atom. The number of furan rings is 1. The second kappa shape index (κ2) is 6.56. The van der Waals surface area contributed by atoms with Gasteiger partial charge in [0.1, 0.15) is 5.76 Å². The molecule has 1 amide bonds. The van der Waals surface area contributed by atoms with Crippen LogP contribution in [0.25, 0.3) is 0 Å². The quantitative estimate of drug-likeness (QED) is 0.845. The third kappa shape index (κ3) is 3.98. The highest BCUT2D eigenvalue weighted by atomic mass is 16.4. The van der Waals surface area contributed by atoms with Crippen molar-refractivity contribution in [3.8, 4) is 0 Å². The van der Waals surface area contributed by atoms with Crippen LogP contribution in [0.15, 0.2) is 53.1 Å². The number of nitrogens with one attached hydrogen (secondary N) is 1. The summed E-state index contributed by atoms with van der Waals surface area (Å²) in [6, 6.07) is 11.9. The number of rotatable bonds is 6. The lowest BCUT2D eigenvalue weighted by atomic mass is 10.1. The van der Waals surface area contributed by atoms with Crippen LogP contribution < -0.4 is 5.32 Å². The highest BCUT2D eigenvalue weighted by Gasteiger charge is 2.20. The van der Waals surface area contributed by atoms with E-state index in [1.165, 1.54) is 6.26 Å². The maximum Gasteiger partial charge on any atom is 0.305 e. The molecule has 2 rings (SSSR count). The third-order valence-corrected chi connectivity index (χ3v) is 2.81. The van der Waals surface area contributed by atoms with Gasteiger partial charge in [-0.1, -0.05) is 30.3 Å². The summed E-state index contributed by atoms with van der Waals surface area (Å²) in [6.45, 7) is 0. The SMILES string of the molecule is O=C(O)CC(NC(=O)Cc1ccccc1)c1ccco1. The van der Waals surface area contributed by atoms with Gasteiger partial charge in [-0.15, -0.1) is 0 Å². The predicted molar refractivity (Wildman–Crippen MR) is 72.0 cm³/mol. The number of aliphatic carboxylic acids is 1. The van der Waals surface area contributed by atoms with E-state index in [1.54, 1.807) is 12.1 Å². The first kappa shape index (κ1) is 13.9. The van der Waals surface area contributed by atoms with E-state index in [9.17, 15) is 9.59 Å². The van der Waals surface area contributed by atoms with Crippen LogP contribution >= 0.6 is 0 Å². The summed E-state index contributed by atoms with van der Waals surface area (Å²) in [5.74, 6) is -0.793. The van der Waals surface area contributed by atoms with E-state index in [0.29, 0.717) is 5.76 Å². The van der Waals surface area contributed by atoms with Crippen molar-refractivity contribution in [2.45, 2.75) is 18.9 Å². The minimum Gasteiger partial charge on any atom is -0.481 e. The molecule has 1 aromatic carbocycles. The van der Waals surface area contributed by atoms with Gasteiger partial charge >= 0.3 is 5.97 Å². The van der Waals surface area contributed by atoms with E-state index in [1.807, 2.05) is 30.3 Å². The minimum absolute atomic E-state index is 0.206. The van der Waals surface area contributed by atoms with Crippen molar-refractivity contribution in [2.75, 3.05) is 0 Å². The zero-order valence-corrected chi connectivity index (χ0v) is 10.8. The molecule has 104 valence electrons. The van der Waals surface area contributed by atoms with Crippen LogP contribution in [-0.4, -0.2) is 17.0 Å². The van der Waals surface area contributed by atoms with E-state index in [0.717, 1.165) is 5.56 Å². The van der Waals surface area contributed by atoms with Crippen LogP contribution in [0.3, 0.4) is 0 Å². The number of carboxylic acids is 1. The van der Waals surface area contributed by atoms with Crippen LogP contribution in [0.5, 0.6) is 0 Å². The number of carboxylic acid groups (broad SMARTS) is 1. The molecule has 5 heteroatoms. The smallest absolute Gasteiger partial charge is 0.305 e. The summed E-state index contributed by atoms with van der Waals surface area (Å²) >= 11 is 0. The van der Waals surface area contributed by atoms with E-state index in [4.69, 9.17) is 9.52 Å². The fourth-order valence-electron chi connectivity index (χ4n) is 1.91. The summed E-state index contributed by atoms with van der Waals surface area (Å²) < 4.78 is 5.17. The fourth-order valence-corrected chi connectivity index (χ4v) is 1.91. The molecule has 0 bridgehead atoms. The van der Waals surface area contributed by atoms with Crippen LogP contribution in [-0.2, 0) is 16.0 Å². The Kier molecular flexibility index (Phi) is 4.55. The molecule has 0 aliphatic rings. The summed E-state index contributed by atoms with van der Waals surface area (Å²) in [5.41, 5.74) is 0.874. The molecule has 2 N–H and O–H groups in total. The molecule has 0 radical (unpaired) electrons. The van der Waals surface area contributed by atoms with Gasteiger partial charge in [-0.05, 0) is 17.7 Å². The molecule has 0 aliphatic heterocycles. The first-order valence-corrected chi connectivity index (χ1v) is 6.23. The van der Waals surface area contributed by atoms with Gasteiger partial charge in [0.25, 0.3) is 0 Å². The Labute approximate surface area is 116 Å². The van der Waals surface area contributed by atoms with E-state index in [2.05, 4.69) is 5.32 Å². The van der Waals surface area contributed by atoms with Crippen molar-refractivity contribution in [1.29, 1.82) is 0 Å². The molecule has 1 atom stereocenters. The van der Waals surface area contributed by atoms with Crippen LogP contribution in [0.2, 0.25) is 0 Å². The van der Waals surface area contributed by atoms with Gasteiger partial charge in [-0.25, -0.2) is 0 Å². The lowest BCUT2D eigenvalue weighted by molar-refractivity contribution is -0.137. The second-order valence-corrected chi connectivity index (χ2v) is 4.40. The number of carbonyl (C=O) groups excluding carboxylic acids is 1. The second-order valence-electron chi connectivity index (χ2n) is 4.40. The molecule has 0 aliphatic carbocycles. The zero-order valence-electron chi connectivity index (χ0n) is 10.8. The number of hydrogen-bond donors (Lipinski definition) is 2. The van der Waals surface area contributed by atoms with Crippen LogP contribution in [0.1, 0.15) is 23.8 Å². The maximum absolute atomic E-state index is 12.0. The van der Waals surface area contributed by atoms with Crippen molar-refractivity contribution >= 4 is 11.9 Å². The number of benzene rings is 1. The number of carbonyl (C=O) groups is 2. The summed E-state index contributed by atoms with van der Waals surface area (Å²) in [4.78, 5) is 22.8. The first-order valence-electron chi connectivity index (χ1n) is 6.23. The predicted octanol–water partition coefficient (Wildman–Crippen LogP) is 2.15. The molecular formula is C15H15NO4. The van der Waals surface area contributed by atoms with Gasteiger partial charge in [0, 0.05) is 0 Å². The normalized spacial score (nSPS) is 11.8. The van der Waals surface area contributed by atoms with Crippen LogP contribution in [0.4, 0.5) is 0 Å². The molecule has 1 aromatic heterocycles. The average Bonchev–Trinajstić information content (AvgIpc) is 2.92. The zero-order chi connectivity index (χ0) is 14.4. The lowest BCUT2D eigenvalue weighted by Gasteiger charge is -2.14. The van der Waals surface area contributed by atoms with Gasteiger partial charge in [0.2, 0.25) is 5.91 Å². The van der Waals surface area contributed by atoms with Gasteiger partial charge in [-0.3, -0.25) is 9.59 Å². The molecule has 0 saturated heterocycles. The van der Waals surface area contributed by atoms with Gasteiger partial charge in [-0.2, -0.15) is 0 Å². The molecule has 1 heterocycles. The Morgan fingerprint density at radius 3 is 2.50 bits per heavy atom. The van der Waals surface area contributed by atoms with Gasteiger partial charge in [0.15, 0.2) is 0 Å². The van der Waals surface area contributed by atoms with Crippen molar-refractivity contribution in [3.63, 3.8) is 0 Å². The van der Waals surface area contributed by atoms with Gasteiger partial charge < -0.3 is 14.8 Å². The van der Waals surface area contributed by atoms with Crippen molar-refractivity contribution in [1.82, 2.24) is 5.32 Å². The lowest BCUT2D eigenvalue weighted by Crippen LogP contribution is -2.31. The highest BCUT2D eigenvalue weighted by Crippen LogP contribution is 2.17. The number of amides is 1. The Balaban J connectivity index is 2.00. The standard InChI is InChI=1S/C15H15NO4/c17-14(9-11-5-2-1-3-6-11)16-12(10-15(18)19)13-7-4-8-20-13/h1-8,12H,9-10H2,(H,16,17)(H,18,19). The van der Waals surface area contributed by atoms with E-state index < -0.39 is 12.0 Å². The average molecular weight is 273 g/mol. The molecule has 5 nitrogen and oxygen atoms in total. The highest BCUT2D eigenvalue weighted by molar-refractivity contribution is 5.79. The monoisotopic (exact) mass is 273 g/mol. The summed E-state index contributed by atoms with van der Waals surface area (Å²) in [7, 11) is 0. The van der Waals surface area contributed by atoms with Gasteiger partial charge in [0.05, 0.1) is 25.1 Å². The first-order chi connectivity index (χ1) is 9.65. The van der Waals surface area contributed by atoms with Crippen molar-refractivity contribution in [2.24, 2.45) is 0 Å². The largest absolute Gasteiger partial charge is 0.481 e. The summed E-state index contributed by atoms with van der Waals surface area (Å²) in [6.07, 6.45) is 1.44. The maximum atomic E-state index is 12.0. The molecule has 20 heavy (non-hydrogen) atoms. The Bertz CT molecular complexity index is 563. The molecule has 0 spiro atoms. The number of hydrogen-bond acceptors (Lipinski definition) is 3. The fraction of sp³-hybridized carbons (Fsp3) is 0.200.